The van der Waals surface area contributed by atoms with E-state index in [9.17, 15) is 0 Å². The van der Waals surface area contributed by atoms with Crippen LogP contribution in [0.1, 0.15) is 46.5 Å². The smallest absolute Gasteiger partial charge is 0.0459 e. The Bertz CT molecular complexity index is 134. The van der Waals surface area contributed by atoms with E-state index in [1.165, 1.54) is 32.4 Å². The number of nitrogens with zero attached hydrogens (tertiary/aromatic N) is 1. The Balaban J connectivity index is 3.59. The van der Waals surface area contributed by atoms with Gasteiger partial charge in [0.2, 0.25) is 0 Å². The summed E-state index contributed by atoms with van der Waals surface area (Å²) in [5.41, 5.74) is 0. The summed E-state index contributed by atoms with van der Waals surface area (Å²) in [4.78, 5) is 2.41. The van der Waals surface area contributed by atoms with Crippen LogP contribution in [0.3, 0.4) is 0 Å². The van der Waals surface area contributed by atoms with Gasteiger partial charge in [0.15, 0.2) is 0 Å². The molecule has 2 nitrogen and oxygen atoms in total. The first kappa shape index (κ1) is 14.9. The molecule has 0 rings (SSSR count). The first-order valence-electron chi connectivity index (χ1n) is 6.43. The zero-order chi connectivity index (χ0) is 11.7. The van der Waals surface area contributed by atoms with Crippen LogP contribution in [-0.4, -0.2) is 36.8 Å². The van der Waals surface area contributed by atoms with E-state index in [1.807, 2.05) is 0 Å². The standard InChI is InChI=1S/C13H29NO/c1-5-9-14(4)10-12(3)7-8-13(6-2)11-15/h12-13,15H,5-11H2,1-4H3/t12-,13+/m0/s1. The maximum atomic E-state index is 9.09. The van der Waals surface area contributed by atoms with Crippen molar-refractivity contribution in [3.63, 3.8) is 0 Å². The van der Waals surface area contributed by atoms with Crippen LogP contribution >= 0.6 is 0 Å². The molecule has 0 spiro atoms. The molecule has 0 aliphatic carbocycles. The van der Waals surface area contributed by atoms with Crippen LogP contribution in [0, 0.1) is 11.8 Å². The van der Waals surface area contributed by atoms with E-state index in [2.05, 4.69) is 32.7 Å². The molecule has 0 radical (unpaired) electrons. The van der Waals surface area contributed by atoms with Crippen LogP contribution in [0.4, 0.5) is 0 Å². The molecule has 0 aromatic carbocycles. The van der Waals surface area contributed by atoms with E-state index in [0.29, 0.717) is 12.5 Å². The fourth-order valence-corrected chi connectivity index (χ4v) is 2.04. The molecule has 15 heavy (non-hydrogen) atoms. The monoisotopic (exact) mass is 215 g/mol. The lowest BCUT2D eigenvalue weighted by atomic mass is 9.95. The SMILES string of the molecule is CCCN(C)C[C@@H](C)CC[C@@H](CC)CO. The number of hydrogen-bond acceptors (Lipinski definition) is 2. The van der Waals surface area contributed by atoms with Gasteiger partial charge in [-0.1, -0.05) is 27.2 Å². The van der Waals surface area contributed by atoms with Crippen molar-refractivity contribution in [3.05, 3.63) is 0 Å². The van der Waals surface area contributed by atoms with Crippen molar-refractivity contribution in [2.75, 3.05) is 26.7 Å². The molecule has 0 aromatic heterocycles. The Kier molecular flexibility index (Phi) is 9.12. The average molecular weight is 215 g/mol. The van der Waals surface area contributed by atoms with E-state index in [-0.39, 0.29) is 0 Å². The van der Waals surface area contributed by atoms with Crippen molar-refractivity contribution >= 4 is 0 Å². The summed E-state index contributed by atoms with van der Waals surface area (Å²) in [6.07, 6.45) is 4.76. The van der Waals surface area contributed by atoms with Gasteiger partial charge in [0.05, 0.1) is 0 Å². The van der Waals surface area contributed by atoms with Crippen molar-refractivity contribution in [2.24, 2.45) is 11.8 Å². The normalized spacial score (nSPS) is 15.6. The second kappa shape index (κ2) is 9.17. The van der Waals surface area contributed by atoms with E-state index >= 15 is 0 Å². The van der Waals surface area contributed by atoms with E-state index < -0.39 is 0 Å². The third-order valence-electron chi connectivity index (χ3n) is 3.13. The van der Waals surface area contributed by atoms with E-state index in [0.717, 1.165) is 12.3 Å². The minimum absolute atomic E-state index is 0.355. The van der Waals surface area contributed by atoms with Crippen LogP contribution in [-0.2, 0) is 0 Å². The molecule has 0 aliphatic rings. The van der Waals surface area contributed by atoms with Gasteiger partial charge in [-0.2, -0.15) is 0 Å². The summed E-state index contributed by atoms with van der Waals surface area (Å²) >= 11 is 0. The summed E-state index contributed by atoms with van der Waals surface area (Å²) in [6, 6.07) is 0. The highest BCUT2D eigenvalue weighted by atomic mass is 16.3. The first-order valence-corrected chi connectivity index (χ1v) is 6.43. The Labute approximate surface area is 95.7 Å². The number of aliphatic hydroxyl groups is 1. The Morgan fingerprint density at radius 3 is 2.33 bits per heavy atom. The van der Waals surface area contributed by atoms with Crippen LogP contribution < -0.4 is 0 Å². The average Bonchev–Trinajstić information content (AvgIpc) is 2.19. The summed E-state index contributed by atoms with van der Waals surface area (Å²) in [6.45, 7) is 9.44. The summed E-state index contributed by atoms with van der Waals surface area (Å²) in [7, 11) is 2.20. The summed E-state index contributed by atoms with van der Waals surface area (Å²) < 4.78 is 0. The first-order chi connectivity index (χ1) is 7.13. The van der Waals surface area contributed by atoms with Gasteiger partial charge in [-0.25, -0.2) is 0 Å². The molecule has 0 aliphatic heterocycles. The predicted octanol–water partition coefficient (Wildman–Crippen LogP) is 2.76. The van der Waals surface area contributed by atoms with Gasteiger partial charge >= 0.3 is 0 Å². The van der Waals surface area contributed by atoms with Crippen LogP contribution in [0.2, 0.25) is 0 Å². The molecule has 0 saturated carbocycles. The van der Waals surface area contributed by atoms with Crippen molar-refractivity contribution in [1.29, 1.82) is 0 Å². The Hall–Kier alpha value is -0.0800. The molecule has 0 saturated heterocycles. The highest BCUT2D eigenvalue weighted by Gasteiger charge is 2.09. The van der Waals surface area contributed by atoms with Crippen LogP contribution in [0.25, 0.3) is 0 Å². The second-order valence-corrected chi connectivity index (χ2v) is 4.90. The summed E-state index contributed by atoms with van der Waals surface area (Å²) in [5, 5.41) is 9.09. The third-order valence-corrected chi connectivity index (χ3v) is 3.13. The minimum atomic E-state index is 0.355. The Morgan fingerprint density at radius 2 is 1.87 bits per heavy atom. The van der Waals surface area contributed by atoms with Crippen molar-refractivity contribution in [1.82, 2.24) is 4.90 Å². The van der Waals surface area contributed by atoms with Gasteiger partial charge in [0.1, 0.15) is 0 Å². The lowest BCUT2D eigenvalue weighted by molar-refractivity contribution is 0.199. The summed E-state index contributed by atoms with van der Waals surface area (Å²) in [5.74, 6) is 1.27. The molecule has 0 unspecified atom stereocenters. The molecule has 0 amide bonds. The van der Waals surface area contributed by atoms with Gasteiger partial charge in [-0.3, -0.25) is 0 Å². The number of aliphatic hydroxyl groups excluding tert-OH is 1. The largest absolute Gasteiger partial charge is 0.396 e. The molecule has 0 heterocycles. The highest BCUT2D eigenvalue weighted by molar-refractivity contribution is 4.63. The lowest BCUT2D eigenvalue weighted by Gasteiger charge is -2.22. The van der Waals surface area contributed by atoms with Crippen LogP contribution in [0.15, 0.2) is 0 Å². The number of hydrogen-bond donors (Lipinski definition) is 1. The second-order valence-electron chi connectivity index (χ2n) is 4.90. The molecular weight excluding hydrogens is 186 g/mol. The van der Waals surface area contributed by atoms with Gasteiger partial charge in [-0.05, 0) is 44.7 Å². The molecule has 0 fully saturated rings. The van der Waals surface area contributed by atoms with Crippen molar-refractivity contribution in [3.8, 4) is 0 Å². The maximum Gasteiger partial charge on any atom is 0.0459 e. The third kappa shape index (κ3) is 7.80. The highest BCUT2D eigenvalue weighted by Crippen LogP contribution is 2.15. The zero-order valence-electron chi connectivity index (χ0n) is 11.0. The molecule has 2 atom stereocenters. The zero-order valence-corrected chi connectivity index (χ0v) is 11.0. The molecule has 1 N–H and O–H groups in total. The Morgan fingerprint density at radius 1 is 1.20 bits per heavy atom. The fourth-order valence-electron chi connectivity index (χ4n) is 2.04. The lowest BCUT2D eigenvalue weighted by Crippen LogP contribution is -2.25. The van der Waals surface area contributed by atoms with Gasteiger partial charge < -0.3 is 10.0 Å². The van der Waals surface area contributed by atoms with Crippen molar-refractivity contribution < 1.29 is 5.11 Å². The van der Waals surface area contributed by atoms with Crippen molar-refractivity contribution in [2.45, 2.75) is 46.5 Å². The number of rotatable bonds is 9. The molecule has 0 aromatic rings. The van der Waals surface area contributed by atoms with E-state index in [1.54, 1.807) is 0 Å². The molecule has 0 bridgehead atoms. The topological polar surface area (TPSA) is 23.5 Å². The minimum Gasteiger partial charge on any atom is -0.396 e. The molecule has 2 heteroatoms. The predicted molar refractivity (Wildman–Crippen MR) is 67.1 cm³/mol. The van der Waals surface area contributed by atoms with Gasteiger partial charge in [-0.15, -0.1) is 0 Å². The maximum absolute atomic E-state index is 9.09. The van der Waals surface area contributed by atoms with Crippen LogP contribution in [0.5, 0.6) is 0 Å². The molecule has 92 valence electrons. The quantitative estimate of drug-likeness (QED) is 0.639. The van der Waals surface area contributed by atoms with Gasteiger partial charge in [0.25, 0.3) is 0 Å². The fraction of sp³-hybridized carbons (Fsp3) is 1.00. The van der Waals surface area contributed by atoms with Gasteiger partial charge in [0, 0.05) is 13.2 Å². The van der Waals surface area contributed by atoms with E-state index in [4.69, 9.17) is 5.11 Å². The molecular formula is C13H29NO.